The lowest BCUT2D eigenvalue weighted by atomic mass is 10.1. The molecular weight excluding hydrogens is 544 g/mol. The maximum Gasteiger partial charge on any atom is 0.318 e. The van der Waals surface area contributed by atoms with Crippen molar-refractivity contribution in [2.45, 2.75) is 38.4 Å². The van der Waals surface area contributed by atoms with Crippen LogP contribution >= 0.6 is 0 Å². The van der Waals surface area contributed by atoms with E-state index >= 15 is 0 Å². The Hall–Kier alpha value is -5.20. The van der Waals surface area contributed by atoms with Crippen molar-refractivity contribution in [3.8, 4) is 22.6 Å². The fraction of sp³-hybridized carbons (Fsp3) is 0.241. The molecule has 0 saturated heterocycles. The molecule has 2 aliphatic rings. The molecule has 0 radical (unpaired) electrons. The van der Waals surface area contributed by atoms with Crippen molar-refractivity contribution < 1.29 is 18.4 Å². The van der Waals surface area contributed by atoms with E-state index in [4.69, 9.17) is 10.1 Å². The lowest BCUT2D eigenvalue weighted by molar-refractivity contribution is 0.102. The summed E-state index contributed by atoms with van der Waals surface area (Å²) >= 11 is 0. The zero-order valence-electron chi connectivity index (χ0n) is 22.5. The van der Waals surface area contributed by atoms with Gasteiger partial charge in [0.2, 0.25) is 5.95 Å². The summed E-state index contributed by atoms with van der Waals surface area (Å²) in [5.41, 5.74) is 3.08. The Morgan fingerprint density at radius 2 is 1.81 bits per heavy atom. The number of benzene rings is 1. The predicted molar refractivity (Wildman–Crippen MR) is 148 cm³/mol. The lowest BCUT2D eigenvalue weighted by Gasteiger charge is -2.29. The molecule has 3 amide bonds. The molecule has 5 aromatic rings. The maximum absolute atomic E-state index is 13.8. The number of fused-ring (bicyclic) bond motifs is 2. The van der Waals surface area contributed by atoms with E-state index in [1.165, 1.54) is 28.9 Å². The Balaban J connectivity index is 1.23. The molecule has 0 spiro atoms. The molecule has 42 heavy (non-hydrogen) atoms. The Morgan fingerprint density at radius 1 is 1.00 bits per heavy atom. The summed E-state index contributed by atoms with van der Waals surface area (Å²) in [7, 11) is 0. The monoisotopic (exact) mass is 569 g/mol. The quantitative estimate of drug-likeness (QED) is 0.305. The van der Waals surface area contributed by atoms with Crippen molar-refractivity contribution in [1.29, 1.82) is 0 Å². The van der Waals surface area contributed by atoms with E-state index in [-0.39, 0.29) is 28.8 Å². The molecule has 7 rings (SSSR count). The minimum absolute atomic E-state index is 0.108. The highest BCUT2D eigenvalue weighted by Gasteiger charge is 2.40. The number of imidazole rings is 2. The van der Waals surface area contributed by atoms with Gasteiger partial charge in [0, 0.05) is 42.0 Å². The van der Waals surface area contributed by atoms with Crippen LogP contribution in [-0.2, 0) is 13.1 Å². The van der Waals surface area contributed by atoms with E-state index in [1.807, 2.05) is 11.5 Å². The first kappa shape index (κ1) is 25.7. The van der Waals surface area contributed by atoms with Gasteiger partial charge in [0.1, 0.15) is 17.3 Å². The van der Waals surface area contributed by atoms with Crippen LogP contribution in [0.5, 0.6) is 0 Å². The van der Waals surface area contributed by atoms with Crippen LogP contribution in [0.25, 0.3) is 28.3 Å². The number of carbonyl (C=O) groups is 2. The van der Waals surface area contributed by atoms with Crippen LogP contribution in [0.15, 0.2) is 60.9 Å². The zero-order chi connectivity index (χ0) is 29.0. The summed E-state index contributed by atoms with van der Waals surface area (Å²) in [5, 5.41) is 10.5. The van der Waals surface area contributed by atoms with E-state index in [2.05, 4.69) is 20.6 Å². The summed E-state index contributed by atoms with van der Waals surface area (Å²) in [4.78, 5) is 40.0. The summed E-state index contributed by atoms with van der Waals surface area (Å²) in [6.07, 6.45) is 4.71. The molecule has 1 aliphatic heterocycles. The van der Waals surface area contributed by atoms with E-state index in [1.54, 1.807) is 35.4 Å². The normalized spacial score (nSPS) is 15.4. The largest absolute Gasteiger partial charge is 0.333 e. The van der Waals surface area contributed by atoms with Gasteiger partial charge in [-0.25, -0.2) is 28.7 Å². The third-order valence-electron chi connectivity index (χ3n) is 7.58. The van der Waals surface area contributed by atoms with Gasteiger partial charge in [0.15, 0.2) is 11.5 Å². The van der Waals surface area contributed by atoms with Crippen LogP contribution in [0.3, 0.4) is 0 Å². The molecule has 13 heteroatoms. The summed E-state index contributed by atoms with van der Waals surface area (Å²) < 4.78 is 30.8. The first-order valence-corrected chi connectivity index (χ1v) is 13.5. The minimum Gasteiger partial charge on any atom is -0.333 e. The maximum atomic E-state index is 13.8. The van der Waals surface area contributed by atoms with Gasteiger partial charge in [-0.1, -0.05) is 0 Å². The number of carbonyl (C=O) groups excluding carboxylic acids is 2. The van der Waals surface area contributed by atoms with E-state index in [0.29, 0.717) is 48.1 Å². The van der Waals surface area contributed by atoms with Crippen molar-refractivity contribution in [2.75, 3.05) is 11.9 Å². The topological polar surface area (TPSA) is 122 Å². The summed E-state index contributed by atoms with van der Waals surface area (Å²) in [5.74, 6) is -0.722. The third-order valence-corrected chi connectivity index (χ3v) is 7.58. The van der Waals surface area contributed by atoms with Crippen molar-refractivity contribution in [3.63, 3.8) is 0 Å². The smallest absolute Gasteiger partial charge is 0.318 e. The SMILES string of the molecule is CC1(NC(=O)N2CCn3c(nc(-c4ccc(F)cc4)c3-c3ccc4nc(NC(=O)c5ccnc(F)c5)cn4n3)C2)CC1. The number of anilines is 1. The average molecular weight is 570 g/mol. The van der Waals surface area contributed by atoms with Crippen LogP contribution in [0, 0.1) is 11.8 Å². The third kappa shape index (κ3) is 4.82. The van der Waals surface area contributed by atoms with E-state index in [0.717, 1.165) is 24.6 Å². The molecule has 212 valence electrons. The molecule has 1 fully saturated rings. The van der Waals surface area contributed by atoms with Crippen molar-refractivity contribution in [1.82, 2.24) is 39.3 Å². The summed E-state index contributed by atoms with van der Waals surface area (Å²) in [6, 6.07) is 12.0. The number of nitrogens with zero attached hydrogens (tertiary/aromatic N) is 7. The standard InChI is InChI=1S/C29H25F2N9O2/c1-29(9-10-29)36-28(42)38-12-13-39-24(16-38)35-25(17-2-4-19(30)5-3-17)26(39)20-6-7-23-33-22(15-40(23)37-20)34-27(41)18-8-11-32-21(31)14-18/h2-8,11,14-15H,9-10,12-13,16H2,1H3,(H,34,41)(H,36,42). The number of hydrogen-bond donors (Lipinski definition) is 2. The van der Waals surface area contributed by atoms with Crippen LogP contribution in [0.1, 0.15) is 35.9 Å². The molecule has 1 aromatic carbocycles. The number of pyridine rings is 1. The number of nitrogens with one attached hydrogen (secondary N) is 2. The first-order valence-electron chi connectivity index (χ1n) is 13.5. The first-order chi connectivity index (χ1) is 20.2. The van der Waals surface area contributed by atoms with Gasteiger partial charge >= 0.3 is 6.03 Å². The number of urea groups is 1. The molecule has 11 nitrogen and oxygen atoms in total. The molecule has 0 unspecified atom stereocenters. The fourth-order valence-corrected chi connectivity index (χ4v) is 5.02. The highest BCUT2D eigenvalue weighted by Crippen LogP contribution is 2.36. The second-order valence-electron chi connectivity index (χ2n) is 10.8. The number of amides is 3. The molecule has 1 aliphatic carbocycles. The highest BCUT2D eigenvalue weighted by atomic mass is 19.1. The Labute approximate surface area is 238 Å². The van der Waals surface area contributed by atoms with Gasteiger partial charge in [-0.2, -0.15) is 9.49 Å². The van der Waals surface area contributed by atoms with Gasteiger partial charge < -0.3 is 20.1 Å². The predicted octanol–water partition coefficient (Wildman–Crippen LogP) is 4.26. The fourth-order valence-electron chi connectivity index (χ4n) is 5.02. The molecule has 1 saturated carbocycles. The van der Waals surface area contributed by atoms with E-state index in [9.17, 15) is 18.4 Å². The Kier molecular flexibility index (Phi) is 5.96. The molecule has 0 bridgehead atoms. The van der Waals surface area contributed by atoms with Crippen molar-refractivity contribution >= 4 is 23.4 Å². The van der Waals surface area contributed by atoms with Crippen LogP contribution in [0.2, 0.25) is 0 Å². The number of aromatic nitrogens is 6. The van der Waals surface area contributed by atoms with Gasteiger partial charge in [-0.3, -0.25) is 4.79 Å². The minimum atomic E-state index is -0.758. The highest BCUT2D eigenvalue weighted by molar-refractivity contribution is 6.03. The van der Waals surface area contributed by atoms with Gasteiger partial charge in [0.05, 0.1) is 24.1 Å². The van der Waals surface area contributed by atoms with Gasteiger partial charge in [-0.05, 0) is 62.2 Å². The number of rotatable bonds is 5. The van der Waals surface area contributed by atoms with Gasteiger partial charge in [0.25, 0.3) is 5.91 Å². The van der Waals surface area contributed by atoms with Crippen LogP contribution in [-0.4, -0.2) is 58.1 Å². The Morgan fingerprint density at radius 3 is 2.57 bits per heavy atom. The second kappa shape index (κ2) is 9.72. The van der Waals surface area contributed by atoms with E-state index < -0.39 is 11.9 Å². The second-order valence-corrected chi connectivity index (χ2v) is 10.8. The zero-order valence-corrected chi connectivity index (χ0v) is 22.5. The van der Waals surface area contributed by atoms with Gasteiger partial charge in [-0.15, -0.1) is 0 Å². The molecule has 5 heterocycles. The van der Waals surface area contributed by atoms with Crippen molar-refractivity contribution in [2.24, 2.45) is 0 Å². The molecule has 2 N–H and O–H groups in total. The summed E-state index contributed by atoms with van der Waals surface area (Å²) in [6.45, 7) is 3.33. The van der Waals surface area contributed by atoms with Crippen LogP contribution in [0.4, 0.5) is 19.4 Å². The number of hydrogen-bond acceptors (Lipinski definition) is 6. The van der Waals surface area contributed by atoms with Crippen LogP contribution < -0.4 is 10.6 Å². The molecular formula is C29H25F2N9O2. The van der Waals surface area contributed by atoms with Crippen molar-refractivity contribution in [3.05, 3.63) is 84.1 Å². The number of halogens is 2. The molecule has 4 aromatic heterocycles. The lowest BCUT2D eigenvalue weighted by Crippen LogP contribution is -2.47. The Bertz CT molecular complexity index is 1860. The average Bonchev–Trinajstić information content (AvgIpc) is 3.38. The molecule has 0 atom stereocenters.